The maximum absolute atomic E-state index is 13.0. The molecule has 1 fully saturated rings. The van der Waals surface area contributed by atoms with E-state index in [1.54, 1.807) is 40.1 Å². The number of hydrogen-bond acceptors (Lipinski definition) is 6. The Balaban J connectivity index is 1.62. The maximum Gasteiger partial charge on any atom is 0.328 e. The van der Waals surface area contributed by atoms with Crippen LogP contribution in [-0.2, 0) is 4.79 Å². The first-order chi connectivity index (χ1) is 12.6. The van der Waals surface area contributed by atoms with Gasteiger partial charge < -0.3 is 14.9 Å². The Hall–Kier alpha value is -3.49. The number of amides is 1. The van der Waals surface area contributed by atoms with Crippen molar-refractivity contribution in [3.63, 3.8) is 0 Å². The molecular formula is C17H16N6O3. The molecule has 0 bridgehead atoms. The van der Waals surface area contributed by atoms with Gasteiger partial charge >= 0.3 is 5.97 Å². The number of fused-ring (bicyclic) bond motifs is 1. The molecule has 9 heteroatoms. The lowest BCUT2D eigenvalue weighted by atomic mass is 10.1. The van der Waals surface area contributed by atoms with Gasteiger partial charge in [-0.25, -0.2) is 19.3 Å². The molecule has 1 amide bonds. The number of pyridine rings is 1. The Kier molecular flexibility index (Phi) is 3.96. The molecule has 4 rings (SSSR count). The fraction of sp³-hybridized carbons (Fsp3) is 0.235. The molecule has 1 unspecified atom stereocenters. The number of anilines is 1. The lowest BCUT2D eigenvalue weighted by Gasteiger charge is -2.39. The SMILES string of the molecule is O=C(O)C1CN(c2ncccn2)CCN1C(=O)c1cnn2ccccc12. The van der Waals surface area contributed by atoms with E-state index in [2.05, 4.69) is 15.1 Å². The highest BCUT2D eigenvalue weighted by Crippen LogP contribution is 2.20. The molecule has 0 saturated carbocycles. The van der Waals surface area contributed by atoms with Gasteiger partial charge in [-0.2, -0.15) is 5.10 Å². The fourth-order valence-electron chi connectivity index (χ4n) is 3.13. The van der Waals surface area contributed by atoms with Crippen LogP contribution in [0.15, 0.2) is 49.1 Å². The number of carboxylic acid groups (broad SMARTS) is 1. The molecule has 0 spiro atoms. The third-order valence-electron chi connectivity index (χ3n) is 4.42. The quantitative estimate of drug-likeness (QED) is 0.733. The minimum Gasteiger partial charge on any atom is -0.480 e. The van der Waals surface area contributed by atoms with Crippen LogP contribution in [0.2, 0.25) is 0 Å². The Morgan fingerprint density at radius 3 is 2.69 bits per heavy atom. The summed E-state index contributed by atoms with van der Waals surface area (Å²) in [5, 5.41) is 13.8. The number of carboxylic acids is 1. The smallest absolute Gasteiger partial charge is 0.328 e. The predicted molar refractivity (Wildman–Crippen MR) is 91.9 cm³/mol. The summed E-state index contributed by atoms with van der Waals surface area (Å²) >= 11 is 0. The molecule has 0 aromatic carbocycles. The third-order valence-corrected chi connectivity index (χ3v) is 4.42. The largest absolute Gasteiger partial charge is 0.480 e. The second kappa shape index (κ2) is 6.43. The van der Waals surface area contributed by atoms with E-state index in [0.29, 0.717) is 23.6 Å². The molecular weight excluding hydrogens is 336 g/mol. The van der Waals surface area contributed by atoms with Crippen LogP contribution in [-0.4, -0.2) is 67.1 Å². The predicted octanol–water partition coefficient (Wildman–Crippen LogP) is 0.540. The van der Waals surface area contributed by atoms with Gasteiger partial charge in [-0.3, -0.25) is 4.79 Å². The zero-order valence-corrected chi connectivity index (χ0v) is 13.8. The zero-order chi connectivity index (χ0) is 18.1. The van der Waals surface area contributed by atoms with Crippen LogP contribution < -0.4 is 4.90 Å². The molecule has 0 radical (unpaired) electrons. The number of hydrogen-bond donors (Lipinski definition) is 1. The average molecular weight is 352 g/mol. The molecule has 0 aliphatic carbocycles. The van der Waals surface area contributed by atoms with Gasteiger partial charge in [0, 0.05) is 31.7 Å². The van der Waals surface area contributed by atoms with Crippen LogP contribution in [0.3, 0.4) is 0 Å². The second-order valence-corrected chi connectivity index (χ2v) is 5.94. The second-order valence-electron chi connectivity index (χ2n) is 5.94. The summed E-state index contributed by atoms with van der Waals surface area (Å²) < 4.78 is 1.59. The average Bonchev–Trinajstić information content (AvgIpc) is 3.12. The van der Waals surface area contributed by atoms with Crippen molar-refractivity contribution in [1.82, 2.24) is 24.5 Å². The minimum atomic E-state index is -1.06. The van der Waals surface area contributed by atoms with E-state index >= 15 is 0 Å². The number of aromatic nitrogens is 4. The van der Waals surface area contributed by atoms with Crippen molar-refractivity contribution in [3.05, 3.63) is 54.6 Å². The number of nitrogens with zero attached hydrogens (tertiary/aromatic N) is 6. The van der Waals surface area contributed by atoms with E-state index in [-0.39, 0.29) is 19.0 Å². The van der Waals surface area contributed by atoms with E-state index < -0.39 is 12.0 Å². The summed E-state index contributed by atoms with van der Waals surface area (Å²) in [6.45, 7) is 0.848. The highest BCUT2D eigenvalue weighted by molar-refractivity contribution is 6.02. The van der Waals surface area contributed by atoms with Crippen LogP contribution in [0.25, 0.3) is 5.52 Å². The highest BCUT2D eigenvalue weighted by Gasteiger charge is 2.37. The summed E-state index contributed by atoms with van der Waals surface area (Å²) in [4.78, 5) is 36.3. The first kappa shape index (κ1) is 16.0. The van der Waals surface area contributed by atoms with Crippen LogP contribution >= 0.6 is 0 Å². The molecule has 1 aliphatic rings. The topological polar surface area (TPSA) is 104 Å². The molecule has 1 atom stereocenters. The first-order valence-electron chi connectivity index (χ1n) is 8.13. The lowest BCUT2D eigenvalue weighted by Crippen LogP contribution is -2.58. The molecule has 9 nitrogen and oxygen atoms in total. The van der Waals surface area contributed by atoms with E-state index in [9.17, 15) is 14.7 Å². The summed E-state index contributed by atoms with van der Waals surface area (Å²) in [6, 6.07) is 6.12. The van der Waals surface area contributed by atoms with Crippen molar-refractivity contribution in [2.24, 2.45) is 0 Å². The Labute approximate surface area is 148 Å². The number of aliphatic carboxylic acids is 1. The van der Waals surface area contributed by atoms with E-state index in [1.165, 1.54) is 11.1 Å². The number of piperazine rings is 1. The molecule has 3 aromatic heterocycles. The standard InChI is InChI=1S/C17H16N6O3/c24-15(12-10-20-23-7-2-1-4-13(12)23)22-9-8-21(11-14(22)16(25)26)17-18-5-3-6-19-17/h1-7,10,14H,8-9,11H2,(H,25,26). The Morgan fingerprint density at radius 2 is 1.92 bits per heavy atom. The van der Waals surface area contributed by atoms with E-state index in [1.807, 2.05) is 12.1 Å². The molecule has 1 N–H and O–H groups in total. The summed E-state index contributed by atoms with van der Waals surface area (Å²) in [5.74, 6) is -0.940. The normalized spacial score (nSPS) is 17.5. The van der Waals surface area contributed by atoms with Crippen molar-refractivity contribution in [1.29, 1.82) is 0 Å². The monoisotopic (exact) mass is 352 g/mol. The van der Waals surface area contributed by atoms with Gasteiger partial charge in [0.25, 0.3) is 5.91 Å². The zero-order valence-electron chi connectivity index (χ0n) is 13.8. The van der Waals surface area contributed by atoms with Gasteiger partial charge in [0.1, 0.15) is 6.04 Å². The number of carbonyl (C=O) groups excluding carboxylic acids is 1. The third kappa shape index (κ3) is 2.73. The molecule has 1 saturated heterocycles. The number of carbonyl (C=O) groups is 2. The van der Waals surface area contributed by atoms with Crippen molar-refractivity contribution < 1.29 is 14.7 Å². The Morgan fingerprint density at radius 1 is 1.12 bits per heavy atom. The minimum absolute atomic E-state index is 0.129. The molecule has 26 heavy (non-hydrogen) atoms. The number of rotatable bonds is 3. The summed E-state index contributed by atoms with van der Waals surface area (Å²) in [5.41, 5.74) is 1.04. The van der Waals surface area contributed by atoms with Gasteiger partial charge in [-0.15, -0.1) is 0 Å². The van der Waals surface area contributed by atoms with Gasteiger partial charge in [0.05, 0.1) is 23.8 Å². The summed E-state index contributed by atoms with van der Waals surface area (Å²) in [6.07, 6.45) is 6.43. The van der Waals surface area contributed by atoms with Gasteiger partial charge in [0.2, 0.25) is 5.95 Å². The first-order valence-corrected chi connectivity index (χ1v) is 8.13. The van der Waals surface area contributed by atoms with Crippen LogP contribution in [0, 0.1) is 0 Å². The van der Waals surface area contributed by atoms with Gasteiger partial charge in [0.15, 0.2) is 0 Å². The van der Waals surface area contributed by atoms with Crippen LogP contribution in [0.1, 0.15) is 10.4 Å². The lowest BCUT2D eigenvalue weighted by molar-refractivity contribution is -0.142. The summed E-state index contributed by atoms with van der Waals surface area (Å²) in [7, 11) is 0. The van der Waals surface area contributed by atoms with Crippen molar-refractivity contribution >= 4 is 23.3 Å². The Bertz CT molecular complexity index is 957. The van der Waals surface area contributed by atoms with E-state index in [4.69, 9.17) is 0 Å². The van der Waals surface area contributed by atoms with Crippen molar-refractivity contribution in [3.8, 4) is 0 Å². The molecule has 132 valence electrons. The van der Waals surface area contributed by atoms with Crippen LogP contribution in [0.4, 0.5) is 5.95 Å². The highest BCUT2D eigenvalue weighted by atomic mass is 16.4. The molecule has 4 heterocycles. The van der Waals surface area contributed by atoms with Crippen molar-refractivity contribution in [2.45, 2.75) is 6.04 Å². The molecule has 1 aliphatic heterocycles. The van der Waals surface area contributed by atoms with Gasteiger partial charge in [-0.05, 0) is 18.2 Å². The fourth-order valence-corrected chi connectivity index (χ4v) is 3.13. The van der Waals surface area contributed by atoms with Crippen molar-refractivity contribution in [2.75, 3.05) is 24.5 Å². The molecule has 3 aromatic rings. The van der Waals surface area contributed by atoms with Crippen LogP contribution in [0.5, 0.6) is 0 Å². The maximum atomic E-state index is 13.0. The van der Waals surface area contributed by atoms with E-state index in [0.717, 1.165) is 0 Å². The van der Waals surface area contributed by atoms with Gasteiger partial charge in [-0.1, -0.05) is 6.07 Å².